The molecule has 0 radical (unpaired) electrons. The van der Waals surface area contributed by atoms with Crippen molar-refractivity contribution in [2.75, 3.05) is 20.6 Å². The molecular formula is C10H19NO2. The molecule has 13 heavy (non-hydrogen) atoms. The van der Waals surface area contributed by atoms with Crippen molar-refractivity contribution in [2.24, 2.45) is 0 Å². The van der Waals surface area contributed by atoms with Crippen LogP contribution >= 0.6 is 0 Å². The molecule has 0 unspecified atom stereocenters. The number of carbonyl (C=O) groups excluding carboxylic acids is 1. The monoisotopic (exact) mass is 185 g/mol. The molecule has 0 fully saturated rings. The van der Waals surface area contributed by atoms with Crippen molar-refractivity contribution < 1.29 is 9.53 Å². The molecule has 0 spiro atoms. The predicted molar refractivity (Wildman–Crippen MR) is 53.5 cm³/mol. The quantitative estimate of drug-likeness (QED) is 0.492. The van der Waals surface area contributed by atoms with E-state index in [2.05, 4.69) is 0 Å². The van der Waals surface area contributed by atoms with E-state index in [1.165, 1.54) is 6.08 Å². The second kappa shape index (κ2) is 5.02. The van der Waals surface area contributed by atoms with Crippen molar-refractivity contribution in [3.05, 3.63) is 12.2 Å². The van der Waals surface area contributed by atoms with Gasteiger partial charge >= 0.3 is 5.97 Å². The molecule has 0 atom stereocenters. The smallest absolute Gasteiger partial charge is 0.330 e. The molecule has 3 nitrogen and oxygen atoms in total. The number of hydrogen-bond acceptors (Lipinski definition) is 3. The van der Waals surface area contributed by atoms with Gasteiger partial charge in [0.2, 0.25) is 0 Å². The average Bonchev–Trinajstić information content (AvgIpc) is 1.81. The second-order valence-corrected chi connectivity index (χ2v) is 4.20. The lowest BCUT2D eigenvalue weighted by Gasteiger charge is -2.18. The molecule has 0 aromatic heterocycles. The predicted octanol–water partition coefficient (Wildman–Crippen LogP) is 1.45. The average molecular weight is 185 g/mol. The summed E-state index contributed by atoms with van der Waals surface area (Å²) in [6, 6.07) is 0. The molecule has 0 saturated carbocycles. The molecule has 0 saturated heterocycles. The molecule has 0 aromatic rings. The summed E-state index contributed by atoms with van der Waals surface area (Å²) in [4.78, 5) is 13.1. The van der Waals surface area contributed by atoms with Gasteiger partial charge in [-0.25, -0.2) is 4.79 Å². The van der Waals surface area contributed by atoms with Crippen LogP contribution in [-0.2, 0) is 9.53 Å². The van der Waals surface area contributed by atoms with Gasteiger partial charge in [-0.15, -0.1) is 0 Å². The number of esters is 1. The Bertz CT molecular complexity index is 190. The molecule has 0 N–H and O–H groups in total. The van der Waals surface area contributed by atoms with Crippen LogP contribution in [0.5, 0.6) is 0 Å². The van der Waals surface area contributed by atoms with Crippen molar-refractivity contribution >= 4 is 5.97 Å². The summed E-state index contributed by atoms with van der Waals surface area (Å²) in [5.74, 6) is -0.283. The standard InChI is InChI=1S/C10H19NO2/c1-10(2,3)13-9(12)7-6-8-11(4)5/h6-7H,8H2,1-5H3/b7-6+. The number of likely N-dealkylation sites (N-methyl/N-ethyl adjacent to an activating group) is 1. The maximum Gasteiger partial charge on any atom is 0.330 e. The van der Waals surface area contributed by atoms with Gasteiger partial charge in [0.25, 0.3) is 0 Å². The van der Waals surface area contributed by atoms with E-state index in [9.17, 15) is 4.79 Å². The van der Waals surface area contributed by atoms with E-state index in [-0.39, 0.29) is 5.97 Å². The van der Waals surface area contributed by atoms with Crippen LogP contribution in [0.3, 0.4) is 0 Å². The van der Waals surface area contributed by atoms with Gasteiger partial charge in [0.05, 0.1) is 0 Å². The van der Waals surface area contributed by atoms with Crippen LogP contribution in [0.2, 0.25) is 0 Å². The Hall–Kier alpha value is -0.830. The van der Waals surface area contributed by atoms with E-state index in [1.807, 2.05) is 39.8 Å². The molecule has 0 amide bonds. The maximum absolute atomic E-state index is 11.1. The third kappa shape index (κ3) is 9.08. The fraction of sp³-hybridized carbons (Fsp3) is 0.700. The van der Waals surface area contributed by atoms with E-state index in [0.29, 0.717) is 0 Å². The van der Waals surface area contributed by atoms with Crippen LogP contribution in [0.15, 0.2) is 12.2 Å². The number of hydrogen-bond donors (Lipinski definition) is 0. The minimum Gasteiger partial charge on any atom is -0.457 e. The van der Waals surface area contributed by atoms with Crippen molar-refractivity contribution in [3.8, 4) is 0 Å². The zero-order chi connectivity index (χ0) is 10.5. The van der Waals surface area contributed by atoms with E-state index in [1.54, 1.807) is 6.08 Å². The Morgan fingerprint density at radius 3 is 2.31 bits per heavy atom. The molecule has 0 aliphatic carbocycles. The molecule has 0 heterocycles. The van der Waals surface area contributed by atoms with Gasteiger partial charge < -0.3 is 9.64 Å². The third-order valence-corrected chi connectivity index (χ3v) is 1.13. The van der Waals surface area contributed by atoms with Crippen LogP contribution in [-0.4, -0.2) is 37.1 Å². The van der Waals surface area contributed by atoms with Gasteiger partial charge in [0.1, 0.15) is 5.60 Å². The fourth-order valence-corrected chi connectivity index (χ4v) is 0.696. The van der Waals surface area contributed by atoms with Gasteiger partial charge in [-0.1, -0.05) is 6.08 Å². The van der Waals surface area contributed by atoms with Gasteiger partial charge in [0.15, 0.2) is 0 Å². The van der Waals surface area contributed by atoms with Gasteiger partial charge in [0, 0.05) is 12.6 Å². The molecule has 0 aromatic carbocycles. The highest BCUT2D eigenvalue weighted by atomic mass is 16.6. The zero-order valence-corrected chi connectivity index (χ0v) is 9.13. The Labute approximate surface area is 80.4 Å². The molecule has 76 valence electrons. The van der Waals surface area contributed by atoms with Gasteiger partial charge in [-0.3, -0.25) is 0 Å². The summed E-state index contributed by atoms with van der Waals surface area (Å²) in [6.07, 6.45) is 3.25. The van der Waals surface area contributed by atoms with E-state index in [0.717, 1.165) is 6.54 Å². The first-order chi connectivity index (χ1) is 5.81. The SMILES string of the molecule is CN(C)C/C=C/C(=O)OC(C)(C)C. The number of carbonyl (C=O) groups is 1. The van der Waals surface area contributed by atoms with Crippen LogP contribution in [0.1, 0.15) is 20.8 Å². The number of ether oxygens (including phenoxy) is 1. The van der Waals surface area contributed by atoms with Crippen molar-refractivity contribution in [2.45, 2.75) is 26.4 Å². The topological polar surface area (TPSA) is 29.5 Å². The van der Waals surface area contributed by atoms with Crippen molar-refractivity contribution in [1.82, 2.24) is 4.90 Å². The molecule has 0 aliphatic heterocycles. The van der Waals surface area contributed by atoms with E-state index in [4.69, 9.17) is 4.74 Å². The van der Waals surface area contributed by atoms with Crippen molar-refractivity contribution in [1.29, 1.82) is 0 Å². The minimum atomic E-state index is -0.403. The largest absolute Gasteiger partial charge is 0.457 e. The normalized spacial score (nSPS) is 12.5. The maximum atomic E-state index is 11.1. The Kier molecular flexibility index (Phi) is 4.70. The lowest BCUT2D eigenvalue weighted by atomic mass is 10.2. The summed E-state index contributed by atoms with van der Waals surface area (Å²) in [5.41, 5.74) is -0.403. The highest BCUT2D eigenvalue weighted by Crippen LogP contribution is 2.06. The van der Waals surface area contributed by atoms with E-state index >= 15 is 0 Å². The zero-order valence-electron chi connectivity index (χ0n) is 9.13. The highest BCUT2D eigenvalue weighted by molar-refractivity contribution is 5.82. The Morgan fingerprint density at radius 2 is 1.92 bits per heavy atom. The van der Waals surface area contributed by atoms with Gasteiger partial charge in [-0.2, -0.15) is 0 Å². The molecular weight excluding hydrogens is 166 g/mol. The van der Waals surface area contributed by atoms with Crippen LogP contribution < -0.4 is 0 Å². The van der Waals surface area contributed by atoms with E-state index < -0.39 is 5.60 Å². The van der Waals surface area contributed by atoms with Gasteiger partial charge in [-0.05, 0) is 34.9 Å². The number of nitrogens with zero attached hydrogens (tertiary/aromatic N) is 1. The highest BCUT2D eigenvalue weighted by Gasteiger charge is 2.13. The first-order valence-corrected chi connectivity index (χ1v) is 4.35. The molecule has 0 aliphatic rings. The third-order valence-electron chi connectivity index (χ3n) is 1.13. The number of rotatable bonds is 3. The summed E-state index contributed by atoms with van der Waals surface area (Å²) < 4.78 is 5.08. The Balaban J connectivity index is 3.81. The molecule has 0 bridgehead atoms. The van der Waals surface area contributed by atoms with Crippen LogP contribution in [0.4, 0.5) is 0 Å². The minimum absolute atomic E-state index is 0.283. The summed E-state index contributed by atoms with van der Waals surface area (Å²) in [7, 11) is 3.89. The summed E-state index contributed by atoms with van der Waals surface area (Å²) in [6.45, 7) is 6.30. The molecule has 0 rings (SSSR count). The van der Waals surface area contributed by atoms with Crippen LogP contribution in [0, 0.1) is 0 Å². The summed E-state index contributed by atoms with van der Waals surface area (Å²) in [5, 5.41) is 0. The van der Waals surface area contributed by atoms with Crippen LogP contribution in [0.25, 0.3) is 0 Å². The Morgan fingerprint density at radius 1 is 1.38 bits per heavy atom. The fourth-order valence-electron chi connectivity index (χ4n) is 0.696. The first kappa shape index (κ1) is 12.2. The molecule has 3 heteroatoms. The van der Waals surface area contributed by atoms with Crippen molar-refractivity contribution in [3.63, 3.8) is 0 Å². The lowest BCUT2D eigenvalue weighted by molar-refractivity contribution is -0.148. The second-order valence-electron chi connectivity index (χ2n) is 4.20. The lowest BCUT2D eigenvalue weighted by Crippen LogP contribution is -2.22. The summed E-state index contributed by atoms with van der Waals surface area (Å²) >= 11 is 0. The first-order valence-electron chi connectivity index (χ1n) is 4.35.